The van der Waals surface area contributed by atoms with Crippen molar-refractivity contribution in [3.63, 3.8) is 0 Å². The molecule has 1 aliphatic heterocycles. The first-order valence-corrected chi connectivity index (χ1v) is 10.9. The summed E-state index contributed by atoms with van der Waals surface area (Å²) < 4.78 is 32.4. The normalized spacial score (nSPS) is 15.9. The SMILES string of the molecule is Cc1ccc(C)c(S(=O)(=O)NCC(=O)NCCSC2CCOCC2)c1. The van der Waals surface area contributed by atoms with Crippen LogP contribution in [0.25, 0.3) is 0 Å². The van der Waals surface area contributed by atoms with Crippen molar-refractivity contribution in [3.8, 4) is 0 Å². The predicted octanol–water partition coefficient (Wildman–Crippen LogP) is 1.61. The van der Waals surface area contributed by atoms with Gasteiger partial charge in [0.05, 0.1) is 11.4 Å². The van der Waals surface area contributed by atoms with Gasteiger partial charge in [0.15, 0.2) is 0 Å². The largest absolute Gasteiger partial charge is 0.381 e. The summed E-state index contributed by atoms with van der Waals surface area (Å²) in [5.74, 6) is 0.501. The summed E-state index contributed by atoms with van der Waals surface area (Å²) in [6.45, 7) is 5.47. The van der Waals surface area contributed by atoms with Crippen LogP contribution in [-0.2, 0) is 19.6 Å². The molecule has 0 unspecified atom stereocenters. The molecular formula is C17H26N2O4S2. The third kappa shape index (κ3) is 6.62. The van der Waals surface area contributed by atoms with Crippen molar-refractivity contribution < 1.29 is 17.9 Å². The maximum absolute atomic E-state index is 12.3. The molecular weight excluding hydrogens is 360 g/mol. The fourth-order valence-electron chi connectivity index (χ4n) is 2.56. The molecule has 25 heavy (non-hydrogen) atoms. The number of carbonyl (C=O) groups is 1. The van der Waals surface area contributed by atoms with Crippen LogP contribution in [-0.4, -0.2) is 51.6 Å². The lowest BCUT2D eigenvalue weighted by Gasteiger charge is -2.21. The number of nitrogens with one attached hydrogen (secondary N) is 2. The fraction of sp³-hybridized carbons (Fsp3) is 0.588. The Morgan fingerprint density at radius 3 is 2.72 bits per heavy atom. The first-order valence-electron chi connectivity index (χ1n) is 8.41. The smallest absolute Gasteiger partial charge is 0.241 e. The van der Waals surface area contributed by atoms with Gasteiger partial charge >= 0.3 is 0 Å². The maximum atomic E-state index is 12.3. The third-order valence-corrected chi connectivity index (χ3v) is 6.93. The number of ether oxygens (including phenoxy) is 1. The Morgan fingerprint density at radius 2 is 2.00 bits per heavy atom. The van der Waals surface area contributed by atoms with Crippen LogP contribution in [0, 0.1) is 13.8 Å². The van der Waals surface area contributed by atoms with E-state index in [4.69, 9.17) is 4.74 Å². The van der Waals surface area contributed by atoms with Crippen LogP contribution < -0.4 is 10.0 Å². The molecule has 2 N–H and O–H groups in total. The summed E-state index contributed by atoms with van der Waals surface area (Å²) in [6, 6.07) is 5.23. The Labute approximate surface area is 154 Å². The molecule has 0 atom stereocenters. The van der Waals surface area contributed by atoms with Gasteiger partial charge in [-0.3, -0.25) is 4.79 Å². The van der Waals surface area contributed by atoms with E-state index in [0.29, 0.717) is 17.4 Å². The lowest BCUT2D eigenvalue weighted by atomic mass is 10.2. The highest BCUT2D eigenvalue weighted by Crippen LogP contribution is 2.21. The average Bonchev–Trinajstić information content (AvgIpc) is 2.60. The van der Waals surface area contributed by atoms with Gasteiger partial charge in [0.1, 0.15) is 0 Å². The number of sulfonamides is 1. The molecule has 0 aliphatic carbocycles. The molecule has 1 saturated heterocycles. The molecule has 0 spiro atoms. The van der Waals surface area contributed by atoms with Crippen LogP contribution in [0.15, 0.2) is 23.1 Å². The number of aryl methyl sites for hydroxylation is 2. The van der Waals surface area contributed by atoms with Crippen LogP contribution in [0.4, 0.5) is 0 Å². The molecule has 0 radical (unpaired) electrons. The minimum absolute atomic E-state index is 0.218. The zero-order valence-corrected chi connectivity index (χ0v) is 16.3. The highest BCUT2D eigenvalue weighted by Gasteiger charge is 2.18. The first-order chi connectivity index (χ1) is 11.9. The van der Waals surface area contributed by atoms with Gasteiger partial charge in [-0.15, -0.1) is 0 Å². The van der Waals surface area contributed by atoms with Crippen molar-refractivity contribution >= 4 is 27.7 Å². The Hall–Kier alpha value is -1.09. The highest BCUT2D eigenvalue weighted by molar-refractivity contribution is 7.99. The van der Waals surface area contributed by atoms with E-state index in [1.807, 2.05) is 24.8 Å². The van der Waals surface area contributed by atoms with Crippen molar-refractivity contribution in [2.75, 3.05) is 32.1 Å². The average molecular weight is 387 g/mol. The molecule has 6 nitrogen and oxygen atoms in total. The van der Waals surface area contributed by atoms with Crippen LogP contribution in [0.2, 0.25) is 0 Å². The van der Waals surface area contributed by atoms with Crippen LogP contribution in [0.1, 0.15) is 24.0 Å². The molecule has 8 heteroatoms. The third-order valence-electron chi connectivity index (χ3n) is 4.00. The fourth-order valence-corrected chi connectivity index (χ4v) is 4.94. The maximum Gasteiger partial charge on any atom is 0.241 e. The van der Waals surface area contributed by atoms with E-state index in [1.165, 1.54) is 0 Å². The number of hydrogen-bond donors (Lipinski definition) is 2. The Kier molecular flexibility index (Phi) is 7.74. The molecule has 1 aromatic carbocycles. The second-order valence-corrected chi connectivity index (χ2v) is 9.27. The van der Waals surface area contributed by atoms with E-state index in [2.05, 4.69) is 10.0 Å². The Balaban J connectivity index is 1.72. The molecule has 0 saturated carbocycles. The predicted molar refractivity (Wildman–Crippen MR) is 100 cm³/mol. The monoisotopic (exact) mass is 386 g/mol. The summed E-state index contributed by atoms with van der Waals surface area (Å²) in [6.07, 6.45) is 2.10. The number of benzene rings is 1. The number of carbonyl (C=O) groups excluding carboxylic acids is 1. The standard InChI is InChI=1S/C17H26N2O4S2/c1-13-3-4-14(2)16(11-13)25(21,22)19-12-17(20)18-7-10-24-15-5-8-23-9-6-15/h3-4,11,15,19H,5-10,12H2,1-2H3,(H,18,20). The minimum atomic E-state index is -3.69. The summed E-state index contributed by atoms with van der Waals surface area (Å²) in [5, 5.41) is 3.35. The number of amides is 1. The number of thioether (sulfide) groups is 1. The van der Waals surface area contributed by atoms with Crippen molar-refractivity contribution in [3.05, 3.63) is 29.3 Å². The van der Waals surface area contributed by atoms with Gasteiger partial charge in [-0.05, 0) is 43.9 Å². The second-order valence-electron chi connectivity index (χ2n) is 6.13. The van der Waals surface area contributed by atoms with E-state index >= 15 is 0 Å². The summed E-state index contributed by atoms with van der Waals surface area (Å²) in [5.41, 5.74) is 1.52. The Morgan fingerprint density at radius 1 is 1.28 bits per heavy atom. The van der Waals surface area contributed by atoms with Gasteiger partial charge in [0, 0.05) is 30.8 Å². The van der Waals surface area contributed by atoms with Crippen LogP contribution in [0.3, 0.4) is 0 Å². The zero-order valence-electron chi connectivity index (χ0n) is 14.7. The van der Waals surface area contributed by atoms with Crippen LogP contribution >= 0.6 is 11.8 Å². The number of rotatable bonds is 8. The van der Waals surface area contributed by atoms with Crippen molar-refractivity contribution in [1.29, 1.82) is 0 Å². The van der Waals surface area contributed by atoms with Crippen molar-refractivity contribution in [1.82, 2.24) is 10.0 Å². The van der Waals surface area contributed by atoms with E-state index < -0.39 is 10.0 Å². The molecule has 1 amide bonds. The molecule has 1 aromatic rings. The van der Waals surface area contributed by atoms with Crippen molar-refractivity contribution in [2.45, 2.75) is 36.8 Å². The molecule has 1 heterocycles. The molecule has 2 rings (SSSR count). The highest BCUT2D eigenvalue weighted by atomic mass is 32.2. The minimum Gasteiger partial charge on any atom is -0.381 e. The molecule has 1 aliphatic rings. The molecule has 0 bridgehead atoms. The molecule has 0 aromatic heterocycles. The topological polar surface area (TPSA) is 84.5 Å². The molecule has 1 fully saturated rings. The van der Waals surface area contributed by atoms with Gasteiger partial charge in [-0.25, -0.2) is 13.1 Å². The van der Waals surface area contributed by atoms with E-state index in [9.17, 15) is 13.2 Å². The Bertz CT molecular complexity index is 686. The van der Waals surface area contributed by atoms with E-state index in [0.717, 1.165) is 37.4 Å². The lowest BCUT2D eigenvalue weighted by Crippen LogP contribution is -2.38. The second kappa shape index (κ2) is 9.56. The number of hydrogen-bond acceptors (Lipinski definition) is 5. The van der Waals surface area contributed by atoms with E-state index in [-0.39, 0.29) is 17.3 Å². The quantitative estimate of drug-likeness (QED) is 0.663. The van der Waals surface area contributed by atoms with Gasteiger partial charge in [-0.1, -0.05) is 12.1 Å². The zero-order chi connectivity index (χ0) is 18.3. The first kappa shape index (κ1) is 20.2. The van der Waals surface area contributed by atoms with Gasteiger partial charge in [-0.2, -0.15) is 11.8 Å². The van der Waals surface area contributed by atoms with Gasteiger partial charge in [0.2, 0.25) is 15.9 Å². The summed E-state index contributed by atoms with van der Waals surface area (Å²) in [7, 11) is -3.69. The summed E-state index contributed by atoms with van der Waals surface area (Å²) >= 11 is 1.83. The lowest BCUT2D eigenvalue weighted by molar-refractivity contribution is -0.119. The van der Waals surface area contributed by atoms with Crippen LogP contribution in [0.5, 0.6) is 0 Å². The van der Waals surface area contributed by atoms with E-state index in [1.54, 1.807) is 19.1 Å². The molecule has 140 valence electrons. The van der Waals surface area contributed by atoms with Gasteiger partial charge in [0.25, 0.3) is 0 Å². The van der Waals surface area contributed by atoms with Gasteiger partial charge < -0.3 is 10.1 Å². The summed E-state index contributed by atoms with van der Waals surface area (Å²) in [4.78, 5) is 12.1. The van der Waals surface area contributed by atoms with Crippen molar-refractivity contribution in [2.24, 2.45) is 0 Å².